The van der Waals surface area contributed by atoms with Crippen LogP contribution in [0, 0.1) is 6.92 Å². The van der Waals surface area contributed by atoms with E-state index in [1.807, 2.05) is 43.3 Å². The highest BCUT2D eigenvalue weighted by atomic mass is 16.5. The first-order chi connectivity index (χ1) is 11.4. The van der Waals surface area contributed by atoms with Gasteiger partial charge in [-0.2, -0.15) is 0 Å². The van der Waals surface area contributed by atoms with E-state index in [-0.39, 0.29) is 5.91 Å². The molecule has 1 amide bonds. The number of aryl methyl sites for hydroxylation is 1. The first-order valence-electron chi connectivity index (χ1n) is 8.06. The van der Waals surface area contributed by atoms with Gasteiger partial charge in [0.1, 0.15) is 0 Å². The summed E-state index contributed by atoms with van der Waals surface area (Å²) in [6.45, 7) is 7.62. The minimum absolute atomic E-state index is 0.353. The van der Waals surface area contributed by atoms with Crippen LogP contribution >= 0.6 is 0 Å². The molecule has 0 radical (unpaired) electrons. The average Bonchev–Trinajstić information content (AvgIpc) is 2.55. The standard InChI is InChI=1S/C20H23NO3/c1-13(2)16-9-11-17(12-10-16)21-19(22)15(4)24-20(23)18-8-6-5-7-14(18)3/h5-13,15H,1-4H3,(H,21,22). The van der Waals surface area contributed by atoms with E-state index in [9.17, 15) is 9.59 Å². The van der Waals surface area contributed by atoms with Gasteiger partial charge in [0.2, 0.25) is 0 Å². The number of esters is 1. The lowest BCUT2D eigenvalue weighted by molar-refractivity contribution is -0.123. The molecule has 2 rings (SSSR count). The SMILES string of the molecule is Cc1ccccc1C(=O)OC(C)C(=O)Nc1ccc(C(C)C)cc1. The third-order valence-corrected chi connectivity index (χ3v) is 3.86. The van der Waals surface area contributed by atoms with Crippen LogP contribution in [0.15, 0.2) is 48.5 Å². The van der Waals surface area contributed by atoms with Gasteiger partial charge in [-0.3, -0.25) is 4.79 Å². The number of anilines is 1. The Balaban J connectivity index is 1.97. The largest absolute Gasteiger partial charge is 0.449 e. The summed E-state index contributed by atoms with van der Waals surface area (Å²) < 4.78 is 5.26. The van der Waals surface area contributed by atoms with Crippen LogP contribution in [0.4, 0.5) is 5.69 Å². The van der Waals surface area contributed by atoms with Crippen molar-refractivity contribution in [2.45, 2.75) is 39.7 Å². The Bertz CT molecular complexity index is 720. The van der Waals surface area contributed by atoms with Gasteiger partial charge in [0.05, 0.1) is 5.56 Å². The van der Waals surface area contributed by atoms with Crippen molar-refractivity contribution in [3.63, 3.8) is 0 Å². The highest BCUT2D eigenvalue weighted by Crippen LogP contribution is 2.17. The molecule has 0 aromatic heterocycles. The van der Waals surface area contributed by atoms with Crippen molar-refractivity contribution >= 4 is 17.6 Å². The van der Waals surface area contributed by atoms with Crippen LogP contribution in [0.3, 0.4) is 0 Å². The maximum Gasteiger partial charge on any atom is 0.339 e. The zero-order chi connectivity index (χ0) is 17.7. The normalized spacial score (nSPS) is 11.9. The lowest BCUT2D eigenvalue weighted by atomic mass is 10.0. The van der Waals surface area contributed by atoms with E-state index in [1.165, 1.54) is 5.56 Å². The second kappa shape index (κ2) is 7.77. The molecule has 0 spiro atoms. The van der Waals surface area contributed by atoms with Gasteiger partial charge in [-0.25, -0.2) is 4.79 Å². The van der Waals surface area contributed by atoms with Gasteiger partial charge in [-0.05, 0) is 49.1 Å². The van der Waals surface area contributed by atoms with Gasteiger partial charge in [0.25, 0.3) is 5.91 Å². The summed E-state index contributed by atoms with van der Waals surface area (Å²) in [5, 5.41) is 2.76. The molecule has 126 valence electrons. The lowest BCUT2D eigenvalue weighted by Crippen LogP contribution is -2.30. The Hall–Kier alpha value is -2.62. The number of hydrogen-bond donors (Lipinski definition) is 1. The first-order valence-corrected chi connectivity index (χ1v) is 8.06. The number of rotatable bonds is 5. The van der Waals surface area contributed by atoms with E-state index >= 15 is 0 Å². The summed E-state index contributed by atoms with van der Waals surface area (Å²) in [5.74, 6) is -0.413. The topological polar surface area (TPSA) is 55.4 Å². The fraction of sp³-hybridized carbons (Fsp3) is 0.300. The Morgan fingerprint density at radius 1 is 0.958 bits per heavy atom. The number of carbonyl (C=O) groups is 2. The van der Waals surface area contributed by atoms with Crippen LogP contribution in [0.1, 0.15) is 48.2 Å². The molecule has 0 aliphatic carbocycles. The second-order valence-corrected chi connectivity index (χ2v) is 6.13. The van der Waals surface area contributed by atoms with Gasteiger partial charge in [0, 0.05) is 5.69 Å². The van der Waals surface area contributed by atoms with E-state index < -0.39 is 12.1 Å². The maximum absolute atomic E-state index is 12.2. The predicted octanol–water partition coefficient (Wildman–Crippen LogP) is 4.30. The maximum atomic E-state index is 12.2. The molecule has 1 unspecified atom stereocenters. The third-order valence-electron chi connectivity index (χ3n) is 3.86. The summed E-state index contributed by atoms with van der Waals surface area (Å²) in [6.07, 6.45) is -0.873. The Kier molecular flexibility index (Phi) is 5.74. The van der Waals surface area contributed by atoms with Gasteiger partial charge in [-0.1, -0.05) is 44.2 Å². The fourth-order valence-corrected chi connectivity index (χ4v) is 2.27. The van der Waals surface area contributed by atoms with Crippen LogP contribution in [0.2, 0.25) is 0 Å². The third kappa shape index (κ3) is 4.44. The highest BCUT2D eigenvalue weighted by Gasteiger charge is 2.20. The molecule has 24 heavy (non-hydrogen) atoms. The van der Waals surface area contributed by atoms with E-state index in [0.29, 0.717) is 17.2 Å². The van der Waals surface area contributed by atoms with Crippen molar-refractivity contribution in [3.05, 3.63) is 65.2 Å². The van der Waals surface area contributed by atoms with Gasteiger partial charge < -0.3 is 10.1 Å². The molecule has 0 bridgehead atoms. The van der Waals surface area contributed by atoms with E-state index in [0.717, 1.165) is 5.56 Å². The van der Waals surface area contributed by atoms with Crippen LogP contribution in [-0.4, -0.2) is 18.0 Å². The molecule has 4 heteroatoms. The van der Waals surface area contributed by atoms with Gasteiger partial charge in [0.15, 0.2) is 6.10 Å². The predicted molar refractivity (Wildman–Crippen MR) is 95.2 cm³/mol. The molecule has 0 aliphatic heterocycles. The van der Waals surface area contributed by atoms with Crippen molar-refractivity contribution in [2.75, 3.05) is 5.32 Å². The minimum atomic E-state index is -0.873. The number of benzene rings is 2. The highest BCUT2D eigenvalue weighted by molar-refractivity contribution is 5.97. The van der Waals surface area contributed by atoms with Crippen LogP contribution in [0.5, 0.6) is 0 Å². The van der Waals surface area contributed by atoms with Crippen LogP contribution < -0.4 is 5.32 Å². The summed E-state index contributed by atoms with van der Waals surface area (Å²) >= 11 is 0. The molecule has 0 saturated carbocycles. The number of ether oxygens (including phenoxy) is 1. The summed E-state index contributed by atoms with van der Waals surface area (Å²) in [5.41, 5.74) is 3.17. The number of carbonyl (C=O) groups excluding carboxylic acids is 2. The number of amides is 1. The van der Waals surface area contributed by atoms with Crippen molar-refractivity contribution in [1.29, 1.82) is 0 Å². The molecular formula is C20H23NO3. The number of hydrogen-bond acceptors (Lipinski definition) is 3. The molecule has 1 N–H and O–H groups in total. The second-order valence-electron chi connectivity index (χ2n) is 6.13. The summed E-state index contributed by atoms with van der Waals surface area (Å²) in [4.78, 5) is 24.3. The van der Waals surface area contributed by atoms with Gasteiger partial charge in [-0.15, -0.1) is 0 Å². The van der Waals surface area contributed by atoms with E-state index in [2.05, 4.69) is 19.2 Å². The monoisotopic (exact) mass is 325 g/mol. The molecule has 0 saturated heterocycles. The molecule has 0 fully saturated rings. The van der Waals surface area contributed by atoms with E-state index in [4.69, 9.17) is 4.74 Å². The number of nitrogens with one attached hydrogen (secondary N) is 1. The average molecular weight is 325 g/mol. The molecule has 4 nitrogen and oxygen atoms in total. The summed E-state index contributed by atoms with van der Waals surface area (Å²) in [7, 11) is 0. The molecule has 1 atom stereocenters. The van der Waals surface area contributed by atoms with Crippen molar-refractivity contribution < 1.29 is 14.3 Å². The van der Waals surface area contributed by atoms with Crippen LogP contribution in [0.25, 0.3) is 0 Å². The Morgan fingerprint density at radius 2 is 1.58 bits per heavy atom. The van der Waals surface area contributed by atoms with Crippen molar-refractivity contribution in [2.24, 2.45) is 0 Å². The molecule has 0 heterocycles. The quantitative estimate of drug-likeness (QED) is 0.834. The smallest absolute Gasteiger partial charge is 0.339 e. The lowest BCUT2D eigenvalue weighted by Gasteiger charge is -2.15. The van der Waals surface area contributed by atoms with Crippen molar-refractivity contribution in [1.82, 2.24) is 0 Å². The molecular weight excluding hydrogens is 302 g/mol. The molecule has 2 aromatic rings. The minimum Gasteiger partial charge on any atom is -0.449 e. The fourth-order valence-electron chi connectivity index (χ4n) is 2.27. The zero-order valence-electron chi connectivity index (χ0n) is 14.5. The van der Waals surface area contributed by atoms with Crippen LogP contribution in [-0.2, 0) is 9.53 Å². The van der Waals surface area contributed by atoms with Crippen molar-refractivity contribution in [3.8, 4) is 0 Å². The Labute approximate surface area is 142 Å². The summed E-state index contributed by atoms with van der Waals surface area (Å²) in [6, 6.07) is 14.8. The van der Waals surface area contributed by atoms with Gasteiger partial charge >= 0.3 is 5.97 Å². The first kappa shape index (κ1) is 17.7. The van der Waals surface area contributed by atoms with E-state index in [1.54, 1.807) is 19.1 Å². The molecule has 0 aliphatic rings. The Morgan fingerprint density at radius 3 is 2.17 bits per heavy atom. The molecule has 2 aromatic carbocycles. The zero-order valence-corrected chi connectivity index (χ0v) is 14.5.